The van der Waals surface area contributed by atoms with Gasteiger partial charge in [-0.25, -0.2) is 14.8 Å². The first-order valence-corrected chi connectivity index (χ1v) is 16.1. The summed E-state index contributed by atoms with van der Waals surface area (Å²) in [5.41, 5.74) is 8.37. The second-order valence-corrected chi connectivity index (χ2v) is 11.9. The standard InChI is InChI=1S/C38H38N4O4/c1-44-38(43)46-35-25-39-37-36(33-10-4-2-8-28(33)20-24-42(35)37)30-18-22-41(23-19-30)21-6-7-27-12-16-32(17-13-27)45-26-31-15-14-29-9-3-5-11-34(29)40-31/h2-5,8-17,25H,6-7,18-24,26H2,1H3. The lowest BCUT2D eigenvalue weighted by atomic mass is 9.90. The van der Waals surface area contributed by atoms with E-state index in [2.05, 4.69) is 65.6 Å². The molecule has 234 valence electrons. The molecule has 0 spiro atoms. The Labute approximate surface area is 269 Å². The molecule has 7 rings (SSSR count). The van der Waals surface area contributed by atoms with Crippen LogP contribution in [0.4, 0.5) is 4.79 Å². The number of carbonyl (C=O) groups excluding carboxylic acids is 1. The van der Waals surface area contributed by atoms with Crippen molar-refractivity contribution in [1.82, 2.24) is 19.4 Å². The molecule has 2 aromatic heterocycles. The van der Waals surface area contributed by atoms with Crippen LogP contribution in [0.5, 0.6) is 11.6 Å². The van der Waals surface area contributed by atoms with Crippen LogP contribution < -0.4 is 9.47 Å². The second kappa shape index (κ2) is 13.6. The average molecular weight is 615 g/mol. The second-order valence-electron chi connectivity index (χ2n) is 11.9. The molecule has 0 radical (unpaired) electrons. The van der Waals surface area contributed by atoms with Crippen molar-refractivity contribution in [3.8, 4) is 11.6 Å². The van der Waals surface area contributed by atoms with Gasteiger partial charge in [0.15, 0.2) is 0 Å². The molecule has 8 heteroatoms. The van der Waals surface area contributed by atoms with E-state index in [0.29, 0.717) is 19.0 Å². The monoisotopic (exact) mass is 614 g/mol. The number of methoxy groups -OCH3 is 1. The number of aromatic nitrogens is 3. The first-order valence-electron chi connectivity index (χ1n) is 16.1. The van der Waals surface area contributed by atoms with E-state index in [0.717, 1.165) is 79.9 Å². The number of rotatable bonds is 8. The van der Waals surface area contributed by atoms with Crippen molar-refractivity contribution in [1.29, 1.82) is 0 Å². The highest BCUT2D eigenvalue weighted by atomic mass is 16.7. The molecule has 0 amide bonds. The molecule has 2 aliphatic heterocycles. The Bertz CT molecular complexity index is 1870. The predicted octanol–water partition coefficient (Wildman–Crippen LogP) is 7.24. The molecule has 4 heterocycles. The molecule has 0 bridgehead atoms. The smallest absolute Gasteiger partial charge is 0.487 e. The summed E-state index contributed by atoms with van der Waals surface area (Å²) in [7, 11) is 1.32. The first-order chi connectivity index (χ1) is 22.6. The van der Waals surface area contributed by atoms with Gasteiger partial charge in [-0.3, -0.25) is 4.57 Å². The number of aryl methyl sites for hydroxylation is 2. The van der Waals surface area contributed by atoms with Crippen molar-refractivity contribution in [2.24, 2.45) is 0 Å². The van der Waals surface area contributed by atoms with E-state index < -0.39 is 6.16 Å². The van der Waals surface area contributed by atoms with E-state index in [1.165, 1.54) is 34.9 Å². The van der Waals surface area contributed by atoms with E-state index in [4.69, 9.17) is 24.2 Å². The van der Waals surface area contributed by atoms with Crippen molar-refractivity contribution < 1.29 is 19.0 Å². The van der Waals surface area contributed by atoms with Crippen LogP contribution >= 0.6 is 0 Å². The molecule has 0 saturated carbocycles. The molecule has 0 N–H and O–H groups in total. The van der Waals surface area contributed by atoms with Gasteiger partial charge in [-0.15, -0.1) is 0 Å². The Hall–Kier alpha value is -4.95. The van der Waals surface area contributed by atoms with Crippen molar-refractivity contribution in [3.63, 3.8) is 0 Å². The molecule has 2 aliphatic rings. The van der Waals surface area contributed by atoms with Crippen molar-refractivity contribution in [2.75, 3.05) is 26.7 Å². The van der Waals surface area contributed by atoms with Crippen molar-refractivity contribution >= 4 is 22.6 Å². The maximum Gasteiger partial charge on any atom is 0.514 e. The maximum absolute atomic E-state index is 11.9. The highest BCUT2D eigenvalue weighted by molar-refractivity contribution is 5.82. The highest BCUT2D eigenvalue weighted by Crippen LogP contribution is 2.37. The minimum absolute atomic E-state index is 0.423. The van der Waals surface area contributed by atoms with Gasteiger partial charge in [0.2, 0.25) is 5.88 Å². The Morgan fingerprint density at radius 3 is 2.52 bits per heavy atom. The number of carbonyl (C=O) groups is 1. The summed E-state index contributed by atoms with van der Waals surface area (Å²) in [6.07, 6.45) is 5.86. The van der Waals surface area contributed by atoms with E-state index in [9.17, 15) is 4.79 Å². The van der Waals surface area contributed by atoms with Gasteiger partial charge < -0.3 is 19.1 Å². The molecular formula is C38H38N4O4. The number of ether oxygens (including phenoxy) is 3. The van der Waals surface area contributed by atoms with Gasteiger partial charge in [0.1, 0.15) is 18.2 Å². The third-order valence-corrected chi connectivity index (χ3v) is 9.01. The van der Waals surface area contributed by atoms with Crippen LogP contribution in [0.15, 0.2) is 96.7 Å². The van der Waals surface area contributed by atoms with Crippen LogP contribution in [-0.4, -0.2) is 52.3 Å². The van der Waals surface area contributed by atoms with E-state index in [1.807, 2.05) is 28.8 Å². The third-order valence-electron chi connectivity index (χ3n) is 9.01. The fraction of sp³-hybridized carbons (Fsp3) is 0.289. The number of para-hydroxylation sites is 1. The lowest BCUT2D eigenvalue weighted by Gasteiger charge is -2.30. The van der Waals surface area contributed by atoms with Gasteiger partial charge in [-0.05, 0) is 79.6 Å². The number of pyridine rings is 1. The van der Waals surface area contributed by atoms with Crippen LogP contribution in [0, 0.1) is 0 Å². The third kappa shape index (κ3) is 6.53. The molecule has 0 unspecified atom stereocenters. The Morgan fingerprint density at radius 2 is 1.67 bits per heavy atom. The fourth-order valence-electron chi connectivity index (χ4n) is 6.57. The number of imidazole rings is 1. The summed E-state index contributed by atoms with van der Waals surface area (Å²) in [5.74, 6) is 2.15. The van der Waals surface area contributed by atoms with Crippen LogP contribution in [0.1, 0.15) is 47.5 Å². The number of hydrogen-bond acceptors (Lipinski definition) is 7. The summed E-state index contributed by atoms with van der Waals surface area (Å²) >= 11 is 0. The van der Waals surface area contributed by atoms with Crippen molar-refractivity contribution in [2.45, 2.75) is 45.3 Å². The number of hydrogen-bond donors (Lipinski definition) is 0. The van der Waals surface area contributed by atoms with Crippen LogP contribution in [0.3, 0.4) is 0 Å². The zero-order chi connectivity index (χ0) is 31.3. The molecular weight excluding hydrogens is 576 g/mol. The summed E-state index contributed by atoms with van der Waals surface area (Å²) in [6.45, 7) is 4.24. The fourth-order valence-corrected chi connectivity index (χ4v) is 6.57. The molecule has 0 atom stereocenters. The summed E-state index contributed by atoms with van der Waals surface area (Å²) in [6, 6.07) is 29.3. The largest absolute Gasteiger partial charge is 0.514 e. The minimum Gasteiger partial charge on any atom is -0.487 e. The van der Waals surface area contributed by atoms with Gasteiger partial charge in [0, 0.05) is 30.6 Å². The van der Waals surface area contributed by atoms with Gasteiger partial charge in [-0.1, -0.05) is 66.2 Å². The summed E-state index contributed by atoms with van der Waals surface area (Å²) in [4.78, 5) is 23.9. The SMILES string of the molecule is COC(=O)Oc1cnc2n1CCc1ccccc1C2=C1CCN(CCCc2ccc(OCc3ccc4ccccc4n3)cc2)CC1. The lowest BCUT2D eigenvalue weighted by Crippen LogP contribution is -2.32. The van der Waals surface area contributed by atoms with Crippen LogP contribution in [-0.2, 0) is 30.7 Å². The maximum atomic E-state index is 11.9. The molecule has 3 aromatic carbocycles. The average Bonchev–Trinajstić information content (AvgIpc) is 3.40. The number of piperidine rings is 1. The lowest BCUT2D eigenvalue weighted by molar-refractivity contribution is 0.118. The first kappa shape index (κ1) is 29.7. The zero-order valence-corrected chi connectivity index (χ0v) is 26.2. The van der Waals surface area contributed by atoms with E-state index >= 15 is 0 Å². The molecule has 46 heavy (non-hydrogen) atoms. The van der Waals surface area contributed by atoms with Gasteiger partial charge in [-0.2, -0.15) is 0 Å². The quantitative estimate of drug-likeness (QED) is 0.171. The molecule has 8 nitrogen and oxygen atoms in total. The van der Waals surface area contributed by atoms with E-state index in [1.54, 1.807) is 6.20 Å². The van der Waals surface area contributed by atoms with Gasteiger partial charge >= 0.3 is 6.16 Å². The van der Waals surface area contributed by atoms with Crippen LogP contribution in [0.25, 0.3) is 16.5 Å². The highest BCUT2D eigenvalue weighted by Gasteiger charge is 2.27. The van der Waals surface area contributed by atoms with Crippen LogP contribution in [0.2, 0.25) is 0 Å². The van der Waals surface area contributed by atoms with Gasteiger partial charge in [0.05, 0.1) is 24.5 Å². The zero-order valence-electron chi connectivity index (χ0n) is 26.2. The Kier molecular flexibility index (Phi) is 8.78. The predicted molar refractivity (Wildman–Crippen MR) is 178 cm³/mol. The summed E-state index contributed by atoms with van der Waals surface area (Å²) < 4.78 is 18.2. The number of likely N-dealkylation sites (tertiary alicyclic amines) is 1. The number of nitrogens with zero attached hydrogens (tertiary/aromatic N) is 4. The minimum atomic E-state index is -0.731. The van der Waals surface area contributed by atoms with Gasteiger partial charge in [0.25, 0.3) is 0 Å². The summed E-state index contributed by atoms with van der Waals surface area (Å²) in [5, 5.41) is 1.14. The molecule has 1 saturated heterocycles. The number of benzene rings is 3. The number of fused-ring (bicyclic) bond motifs is 3. The topological polar surface area (TPSA) is 78.7 Å². The normalized spacial score (nSPS) is 14.8. The molecule has 1 fully saturated rings. The Morgan fingerprint density at radius 1 is 0.870 bits per heavy atom. The van der Waals surface area contributed by atoms with Crippen molar-refractivity contribution in [3.05, 3.63) is 125 Å². The Balaban J connectivity index is 0.945. The van der Waals surface area contributed by atoms with E-state index in [-0.39, 0.29) is 0 Å². The molecule has 5 aromatic rings. The molecule has 0 aliphatic carbocycles.